The fraction of sp³-hybridized carbons (Fsp3) is 0.143. The van der Waals surface area contributed by atoms with Gasteiger partial charge in [0.1, 0.15) is 5.82 Å². The SMILES string of the molecule is CCn1nc(C(=O)NNC(=O)CCc2c(-c3ccc(F)cc3)[nH]c3ccccc23)c2ccccc2c1=O. The number of benzene rings is 3. The third-order valence-corrected chi connectivity index (χ3v) is 6.25. The number of para-hydroxylation sites is 1. The zero-order valence-corrected chi connectivity index (χ0v) is 20.0. The summed E-state index contributed by atoms with van der Waals surface area (Å²) in [5.74, 6) is -1.34. The van der Waals surface area contributed by atoms with Crippen LogP contribution in [-0.4, -0.2) is 26.6 Å². The van der Waals surface area contributed by atoms with Gasteiger partial charge in [-0.2, -0.15) is 5.10 Å². The molecule has 0 aliphatic heterocycles. The van der Waals surface area contributed by atoms with E-state index in [0.717, 1.165) is 27.7 Å². The molecule has 0 spiro atoms. The average Bonchev–Trinajstić information content (AvgIpc) is 3.30. The summed E-state index contributed by atoms with van der Waals surface area (Å²) in [5.41, 5.74) is 8.09. The maximum Gasteiger partial charge on any atom is 0.290 e. The number of aromatic amines is 1. The van der Waals surface area contributed by atoms with Crippen molar-refractivity contribution >= 4 is 33.5 Å². The molecule has 186 valence electrons. The Bertz CT molecular complexity index is 1690. The molecular weight excluding hydrogens is 473 g/mol. The van der Waals surface area contributed by atoms with Gasteiger partial charge in [0, 0.05) is 34.9 Å². The quantitative estimate of drug-likeness (QED) is 0.307. The molecule has 5 aromatic rings. The van der Waals surface area contributed by atoms with Crippen molar-refractivity contribution in [2.45, 2.75) is 26.3 Å². The summed E-state index contributed by atoms with van der Waals surface area (Å²) < 4.78 is 14.7. The topological polar surface area (TPSA) is 109 Å². The number of aryl methyl sites for hydroxylation is 2. The second-order valence-corrected chi connectivity index (χ2v) is 8.55. The van der Waals surface area contributed by atoms with E-state index in [9.17, 15) is 18.8 Å². The van der Waals surface area contributed by atoms with Crippen molar-refractivity contribution < 1.29 is 14.0 Å². The Morgan fingerprint density at radius 2 is 1.59 bits per heavy atom. The highest BCUT2D eigenvalue weighted by Gasteiger charge is 2.18. The minimum atomic E-state index is -0.620. The highest BCUT2D eigenvalue weighted by atomic mass is 19.1. The Labute approximate surface area is 211 Å². The molecule has 0 bridgehead atoms. The number of fused-ring (bicyclic) bond motifs is 2. The molecule has 0 saturated heterocycles. The van der Waals surface area contributed by atoms with Crippen LogP contribution in [-0.2, 0) is 17.8 Å². The molecule has 0 atom stereocenters. The van der Waals surface area contributed by atoms with Gasteiger partial charge in [-0.25, -0.2) is 9.07 Å². The number of rotatable bonds is 6. The Morgan fingerprint density at radius 3 is 2.32 bits per heavy atom. The summed E-state index contributed by atoms with van der Waals surface area (Å²) in [6.45, 7) is 2.06. The molecule has 2 heterocycles. The van der Waals surface area contributed by atoms with Gasteiger partial charge in [-0.1, -0.05) is 36.4 Å². The summed E-state index contributed by atoms with van der Waals surface area (Å²) in [6.07, 6.45) is 0.485. The highest BCUT2D eigenvalue weighted by Crippen LogP contribution is 2.31. The van der Waals surface area contributed by atoms with E-state index in [1.165, 1.54) is 16.8 Å². The lowest BCUT2D eigenvalue weighted by molar-refractivity contribution is -0.121. The van der Waals surface area contributed by atoms with Gasteiger partial charge in [-0.15, -0.1) is 0 Å². The molecule has 3 N–H and O–H groups in total. The number of carbonyl (C=O) groups excluding carboxylic acids is 2. The second kappa shape index (κ2) is 10.1. The van der Waals surface area contributed by atoms with Gasteiger partial charge in [0.15, 0.2) is 5.69 Å². The van der Waals surface area contributed by atoms with Crippen molar-refractivity contribution in [2.24, 2.45) is 0 Å². The lowest BCUT2D eigenvalue weighted by Crippen LogP contribution is -2.42. The molecule has 0 radical (unpaired) electrons. The van der Waals surface area contributed by atoms with Crippen LogP contribution in [0.25, 0.3) is 32.9 Å². The molecule has 0 aliphatic rings. The number of hydrazine groups is 1. The van der Waals surface area contributed by atoms with E-state index in [1.54, 1.807) is 43.3 Å². The summed E-state index contributed by atoms with van der Waals surface area (Å²) in [5, 5.41) is 5.93. The van der Waals surface area contributed by atoms with Crippen LogP contribution < -0.4 is 16.4 Å². The normalized spacial score (nSPS) is 11.1. The number of hydrogen-bond acceptors (Lipinski definition) is 4. The summed E-state index contributed by atoms with van der Waals surface area (Å²) in [4.78, 5) is 41.4. The van der Waals surface area contributed by atoms with Crippen molar-refractivity contribution in [3.63, 3.8) is 0 Å². The molecule has 2 aromatic heterocycles. The van der Waals surface area contributed by atoms with Crippen LogP contribution in [0.4, 0.5) is 4.39 Å². The van der Waals surface area contributed by atoms with Crippen LogP contribution >= 0.6 is 0 Å². The molecule has 0 aliphatic carbocycles. The van der Waals surface area contributed by atoms with Crippen LogP contribution in [0.5, 0.6) is 0 Å². The zero-order valence-electron chi connectivity index (χ0n) is 20.0. The molecule has 0 saturated carbocycles. The molecule has 8 nitrogen and oxygen atoms in total. The molecule has 2 amide bonds. The highest BCUT2D eigenvalue weighted by molar-refractivity contribution is 6.05. The van der Waals surface area contributed by atoms with E-state index < -0.39 is 11.8 Å². The second-order valence-electron chi connectivity index (χ2n) is 8.55. The number of amides is 2. The van der Waals surface area contributed by atoms with Gasteiger partial charge in [0.05, 0.1) is 5.39 Å². The number of aromatic nitrogens is 3. The Balaban J connectivity index is 1.32. The fourth-order valence-electron chi connectivity index (χ4n) is 4.43. The van der Waals surface area contributed by atoms with Crippen molar-refractivity contribution in [3.8, 4) is 11.3 Å². The number of H-pyrrole nitrogens is 1. The molecule has 3 aromatic carbocycles. The van der Waals surface area contributed by atoms with Gasteiger partial charge in [-0.05, 0) is 60.9 Å². The smallest absolute Gasteiger partial charge is 0.290 e. The minimum absolute atomic E-state index is 0.0487. The van der Waals surface area contributed by atoms with Gasteiger partial charge >= 0.3 is 0 Å². The van der Waals surface area contributed by atoms with E-state index in [1.807, 2.05) is 24.3 Å². The molecule has 0 fully saturated rings. The van der Waals surface area contributed by atoms with Gasteiger partial charge in [0.2, 0.25) is 5.91 Å². The molecule has 37 heavy (non-hydrogen) atoms. The molecule has 5 rings (SSSR count). The Hall–Kier alpha value is -4.79. The predicted octanol–water partition coefficient (Wildman–Crippen LogP) is 4.10. The van der Waals surface area contributed by atoms with Crippen LogP contribution in [0.3, 0.4) is 0 Å². The van der Waals surface area contributed by atoms with Gasteiger partial charge in [-0.3, -0.25) is 25.2 Å². The van der Waals surface area contributed by atoms with Crippen molar-refractivity contribution in [2.75, 3.05) is 0 Å². The van der Waals surface area contributed by atoms with E-state index in [2.05, 4.69) is 20.9 Å². The monoisotopic (exact) mass is 497 g/mol. The van der Waals surface area contributed by atoms with Crippen molar-refractivity contribution in [3.05, 3.63) is 100 Å². The summed E-state index contributed by atoms with van der Waals surface area (Å²) in [7, 11) is 0. The lowest BCUT2D eigenvalue weighted by Gasteiger charge is -2.11. The first-order valence-corrected chi connectivity index (χ1v) is 11.9. The first-order chi connectivity index (χ1) is 18.0. The number of carbonyl (C=O) groups is 2. The third-order valence-electron chi connectivity index (χ3n) is 6.25. The standard InChI is InChI=1S/C28H24FN5O3/c1-2-34-28(37)22-9-4-3-8-20(22)26(33-34)27(36)32-31-24(35)16-15-21-19-7-5-6-10-23(19)30-25(21)17-11-13-18(29)14-12-17/h3-14,30H,2,15-16H2,1H3,(H,31,35)(H,32,36). The van der Waals surface area contributed by atoms with E-state index in [-0.39, 0.29) is 23.5 Å². The lowest BCUT2D eigenvalue weighted by atomic mass is 10.0. The van der Waals surface area contributed by atoms with Gasteiger partial charge in [0.25, 0.3) is 11.5 Å². The van der Waals surface area contributed by atoms with Crippen molar-refractivity contribution in [1.29, 1.82) is 0 Å². The average molecular weight is 498 g/mol. The first kappa shape index (κ1) is 23.9. The van der Waals surface area contributed by atoms with Crippen molar-refractivity contribution in [1.82, 2.24) is 25.6 Å². The van der Waals surface area contributed by atoms with E-state index in [4.69, 9.17) is 0 Å². The van der Waals surface area contributed by atoms with E-state index >= 15 is 0 Å². The number of nitrogens with zero attached hydrogens (tertiary/aromatic N) is 2. The maximum absolute atomic E-state index is 13.5. The first-order valence-electron chi connectivity index (χ1n) is 11.9. The fourth-order valence-corrected chi connectivity index (χ4v) is 4.43. The largest absolute Gasteiger partial charge is 0.354 e. The molecule has 0 unspecified atom stereocenters. The summed E-state index contributed by atoms with van der Waals surface area (Å²) in [6, 6.07) is 20.6. The van der Waals surface area contributed by atoms with E-state index in [0.29, 0.717) is 23.7 Å². The Morgan fingerprint density at radius 1 is 0.919 bits per heavy atom. The zero-order chi connectivity index (χ0) is 25.9. The minimum Gasteiger partial charge on any atom is -0.354 e. The third kappa shape index (κ3) is 4.71. The predicted molar refractivity (Wildman–Crippen MR) is 139 cm³/mol. The van der Waals surface area contributed by atoms with Crippen LogP contribution in [0.1, 0.15) is 29.4 Å². The number of nitrogens with one attached hydrogen (secondary N) is 3. The van der Waals surface area contributed by atoms with Crippen LogP contribution in [0.2, 0.25) is 0 Å². The van der Waals surface area contributed by atoms with Crippen LogP contribution in [0.15, 0.2) is 77.6 Å². The molecular formula is C28H24FN5O3. The number of halogens is 1. The summed E-state index contributed by atoms with van der Waals surface area (Å²) >= 11 is 0. The maximum atomic E-state index is 13.5. The Kier molecular flexibility index (Phi) is 6.51. The van der Waals surface area contributed by atoms with Crippen LogP contribution in [0, 0.1) is 5.82 Å². The van der Waals surface area contributed by atoms with Gasteiger partial charge < -0.3 is 4.98 Å². The number of hydrogen-bond donors (Lipinski definition) is 3. The molecule has 9 heteroatoms.